The first-order valence-electron chi connectivity index (χ1n) is 9.88. The largest absolute Gasteiger partial charge is 0.474 e. The maximum absolute atomic E-state index is 12.7. The van der Waals surface area contributed by atoms with E-state index in [9.17, 15) is 9.59 Å². The number of carbonyl (C=O) groups is 2. The van der Waals surface area contributed by atoms with Crippen LogP contribution in [0.1, 0.15) is 41.6 Å². The molecule has 1 N–H and O–H groups in total. The molecule has 6 heteroatoms. The molecule has 6 nitrogen and oxygen atoms in total. The number of carbonyl (C=O) groups excluding carboxylic acids is 2. The summed E-state index contributed by atoms with van der Waals surface area (Å²) in [5, 5.41) is 2.87. The standard InChI is InChI=1S/C22H25N3O3/c1-15-4-2-3-5-19(15)22(27)25-12-10-18(11-13-25)28-20-9-8-17(14-23-20)24-21(26)16-6-7-16/h2-5,8-9,14,16,18H,6-7,10-13H2,1H3,(H,24,26). The molecular weight excluding hydrogens is 354 g/mol. The number of likely N-dealkylation sites (tertiary alicyclic amines) is 1. The van der Waals surface area contributed by atoms with Gasteiger partial charge >= 0.3 is 0 Å². The Balaban J connectivity index is 1.27. The van der Waals surface area contributed by atoms with Gasteiger partial charge in [0.05, 0.1) is 11.9 Å². The van der Waals surface area contributed by atoms with E-state index in [1.807, 2.05) is 42.2 Å². The van der Waals surface area contributed by atoms with Crippen molar-refractivity contribution in [3.63, 3.8) is 0 Å². The van der Waals surface area contributed by atoms with Crippen LogP contribution in [-0.2, 0) is 4.79 Å². The number of piperidine rings is 1. The van der Waals surface area contributed by atoms with Gasteiger partial charge in [-0.3, -0.25) is 9.59 Å². The second kappa shape index (κ2) is 8.00. The third kappa shape index (κ3) is 4.32. The summed E-state index contributed by atoms with van der Waals surface area (Å²) in [6.07, 6.45) is 5.18. The van der Waals surface area contributed by atoms with Crippen LogP contribution in [-0.4, -0.2) is 40.9 Å². The molecule has 1 aliphatic carbocycles. The zero-order chi connectivity index (χ0) is 19.5. The monoisotopic (exact) mass is 379 g/mol. The van der Waals surface area contributed by atoms with Gasteiger partial charge in [-0.2, -0.15) is 0 Å². The van der Waals surface area contributed by atoms with Crippen LogP contribution >= 0.6 is 0 Å². The minimum Gasteiger partial charge on any atom is -0.474 e. The fourth-order valence-corrected chi connectivity index (χ4v) is 3.44. The molecule has 2 aromatic rings. The van der Waals surface area contributed by atoms with Crippen molar-refractivity contribution in [2.45, 2.75) is 38.7 Å². The molecule has 4 rings (SSSR count). The number of aromatic nitrogens is 1. The third-order valence-electron chi connectivity index (χ3n) is 5.34. The fourth-order valence-electron chi connectivity index (χ4n) is 3.44. The van der Waals surface area contributed by atoms with Gasteiger partial charge in [0.25, 0.3) is 5.91 Å². The first kappa shape index (κ1) is 18.5. The highest BCUT2D eigenvalue weighted by molar-refractivity contribution is 5.95. The number of hydrogen-bond donors (Lipinski definition) is 1. The van der Waals surface area contributed by atoms with Crippen molar-refractivity contribution in [1.29, 1.82) is 0 Å². The van der Waals surface area contributed by atoms with Gasteiger partial charge in [0.1, 0.15) is 6.10 Å². The van der Waals surface area contributed by atoms with Crippen LogP contribution in [0.5, 0.6) is 5.88 Å². The van der Waals surface area contributed by atoms with Crippen molar-refractivity contribution in [3.8, 4) is 5.88 Å². The summed E-state index contributed by atoms with van der Waals surface area (Å²) in [4.78, 5) is 30.7. The van der Waals surface area contributed by atoms with Crippen LogP contribution in [0.3, 0.4) is 0 Å². The Labute approximate surface area is 164 Å². The highest BCUT2D eigenvalue weighted by Crippen LogP contribution is 2.30. The molecule has 2 fully saturated rings. The zero-order valence-electron chi connectivity index (χ0n) is 16.1. The van der Waals surface area contributed by atoms with E-state index in [0.29, 0.717) is 24.7 Å². The molecular formula is C22H25N3O3. The van der Waals surface area contributed by atoms with E-state index in [1.54, 1.807) is 12.3 Å². The molecule has 0 radical (unpaired) electrons. The molecule has 0 spiro atoms. The lowest BCUT2D eigenvalue weighted by Crippen LogP contribution is -2.42. The Hall–Kier alpha value is -2.89. The molecule has 2 aliphatic rings. The van der Waals surface area contributed by atoms with Crippen LogP contribution < -0.4 is 10.1 Å². The van der Waals surface area contributed by atoms with Crippen LogP contribution in [0, 0.1) is 12.8 Å². The number of hydrogen-bond acceptors (Lipinski definition) is 4. The Bertz CT molecular complexity index is 854. The minimum atomic E-state index is 0.0420. The van der Waals surface area contributed by atoms with Crippen molar-refractivity contribution in [1.82, 2.24) is 9.88 Å². The Morgan fingerprint density at radius 3 is 2.46 bits per heavy atom. The molecule has 0 bridgehead atoms. The predicted octanol–water partition coefficient (Wildman–Crippen LogP) is 3.42. The lowest BCUT2D eigenvalue weighted by Gasteiger charge is -2.32. The smallest absolute Gasteiger partial charge is 0.254 e. The summed E-state index contributed by atoms with van der Waals surface area (Å²) in [6, 6.07) is 11.3. The van der Waals surface area contributed by atoms with E-state index >= 15 is 0 Å². The predicted molar refractivity (Wildman–Crippen MR) is 106 cm³/mol. The fraction of sp³-hybridized carbons (Fsp3) is 0.409. The van der Waals surface area contributed by atoms with E-state index in [1.165, 1.54) is 0 Å². The Morgan fingerprint density at radius 2 is 1.82 bits per heavy atom. The number of aryl methyl sites for hydroxylation is 1. The average Bonchev–Trinajstić information content (AvgIpc) is 3.55. The van der Waals surface area contributed by atoms with E-state index in [0.717, 1.165) is 36.8 Å². The SMILES string of the molecule is Cc1ccccc1C(=O)N1CCC(Oc2ccc(NC(=O)C3CC3)cn2)CC1. The number of rotatable bonds is 5. The maximum Gasteiger partial charge on any atom is 0.254 e. The number of nitrogens with zero attached hydrogens (tertiary/aromatic N) is 2. The van der Waals surface area contributed by atoms with Crippen molar-refractivity contribution in [3.05, 3.63) is 53.7 Å². The Kier molecular flexibility index (Phi) is 5.28. The lowest BCUT2D eigenvalue weighted by molar-refractivity contribution is -0.117. The summed E-state index contributed by atoms with van der Waals surface area (Å²) in [7, 11) is 0. The summed E-state index contributed by atoms with van der Waals surface area (Å²) < 4.78 is 5.97. The number of benzene rings is 1. The highest BCUT2D eigenvalue weighted by atomic mass is 16.5. The van der Waals surface area contributed by atoms with Crippen LogP contribution in [0.15, 0.2) is 42.6 Å². The van der Waals surface area contributed by atoms with Gasteiger partial charge in [0.2, 0.25) is 11.8 Å². The maximum atomic E-state index is 12.7. The molecule has 1 aromatic carbocycles. The molecule has 2 amide bonds. The van der Waals surface area contributed by atoms with Crippen LogP contribution in [0.25, 0.3) is 0 Å². The van der Waals surface area contributed by atoms with E-state index in [2.05, 4.69) is 10.3 Å². The van der Waals surface area contributed by atoms with Crippen molar-refractivity contribution in [2.75, 3.05) is 18.4 Å². The van der Waals surface area contributed by atoms with Gasteiger partial charge in [-0.15, -0.1) is 0 Å². The van der Waals surface area contributed by atoms with Gasteiger partial charge in [-0.05, 0) is 37.5 Å². The van der Waals surface area contributed by atoms with Gasteiger partial charge in [-0.25, -0.2) is 4.98 Å². The molecule has 0 unspecified atom stereocenters. The van der Waals surface area contributed by atoms with Crippen molar-refractivity contribution >= 4 is 17.5 Å². The topological polar surface area (TPSA) is 71.5 Å². The van der Waals surface area contributed by atoms with Crippen molar-refractivity contribution in [2.24, 2.45) is 5.92 Å². The summed E-state index contributed by atoms with van der Waals surface area (Å²) in [6.45, 7) is 3.31. The number of anilines is 1. The van der Waals surface area contributed by atoms with Crippen LogP contribution in [0.4, 0.5) is 5.69 Å². The lowest BCUT2D eigenvalue weighted by atomic mass is 10.0. The molecule has 28 heavy (non-hydrogen) atoms. The van der Waals surface area contributed by atoms with Crippen molar-refractivity contribution < 1.29 is 14.3 Å². The number of ether oxygens (including phenoxy) is 1. The minimum absolute atomic E-state index is 0.0420. The van der Waals surface area contributed by atoms with Crippen LogP contribution in [0.2, 0.25) is 0 Å². The molecule has 146 valence electrons. The highest BCUT2D eigenvalue weighted by Gasteiger charge is 2.29. The first-order valence-corrected chi connectivity index (χ1v) is 9.88. The molecule has 1 saturated carbocycles. The third-order valence-corrected chi connectivity index (χ3v) is 5.34. The van der Waals surface area contributed by atoms with E-state index < -0.39 is 0 Å². The first-order chi connectivity index (χ1) is 13.6. The van der Waals surface area contributed by atoms with E-state index in [4.69, 9.17) is 4.74 Å². The molecule has 2 heterocycles. The molecule has 1 saturated heterocycles. The van der Waals surface area contributed by atoms with Gasteiger partial charge in [0.15, 0.2) is 0 Å². The summed E-state index contributed by atoms with van der Waals surface area (Å²) >= 11 is 0. The second-order valence-corrected chi connectivity index (χ2v) is 7.57. The quantitative estimate of drug-likeness (QED) is 0.864. The number of amides is 2. The summed E-state index contributed by atoms with van der Waals surface area (Å²) in [5.74, 6) is 0.878. The molecule has 1 aliphatic heterocycles. The van der Waals surface area contributed by atoms with Gasteiger partial charge in [-0.1, -0.05) is 18.2 Å². The number of pyridine rings is 1. The van der Waals surface area contributed by atoms with Gasteiger partial charge < -0.3 is 15.0 Å². The molecule has 1 aromatic heterocycles. The second-order valence-electron chi connectivity index (χ2n) is 7.57. The zero-order valence-corrected chi connectivity index (χ0v) is 16.1. The van der Waals surface area contributed by atoms with Gasteiger partial charge in [0, 0.05) is 43.5 Å². The summed E-state index contributed by atoms with van der Waals surface area (Å²) in [5.41, 5.74) is 2.47. The normalized spacial score (nSPS) is 17.2. The average molecular weight is 379 g/mol. The van der Waals surface area contributed by atoms with E-state index in [-0.39, 0.29) is 23.8 Å². The Morgan fingerprint density at radius 1 is 1.07 bits per heavy atom. The molecule has 0 atom stereocenters. The number of nitrogens with one attached hydrogen (secondary N) is 1.